The van der Waals surface area contributed by atoms with Crippen LogP contribution < -0.4 is 5.32 Å². The first-order chi connectivity index (χ1) is 9.27. The maximum Gasteiger partial charge on any atom is 0.410 e. The maximum atomic E-state index is 12.0. The lowest BCUT2D eigenvalue weighted by Gasteiger charge is -2.22. The van der Waals surface area contributed by atoms with Gasteiger partial charge in [0.15, 0.2) is 0 Å². The van der Waals surface area contributed by atoms with Crippen LogP contribution in [0.25, 0.3) is 0 Å². The number of carbonyl (C=O) groups excluding carboxylic acids is 1. The fourth-order valence-corrected chi connectivity index (χ4v) is 3.05. The van der Waals surface area contributed by atoms with E-state index in [9.17, 15) is 4.79 Å². The molecule has 0 aromatic heterocycles. The van der Waals surface area contributed by atoms with Gasteiger partial charge in [0.2, 0.25) is 0 Å². The summed E-state index contributed by atoms with van der Waals surface area (Å²) in [4.78, 5) is 13.9. The molecule has 2 fully saturated rings. The van der Waals surface area contributed by atoms with E-state index in [-0.39, 0.29) is 6.09 Å². The number of nitrogens with zero attached hydrogens (tertiary/aromatic N) is 1. The Balaban J connectivity index is 1.51. The Bertz CT molecular complexity index is 441. The highest BCUT2D eigenvalue weighted by Crippen LogP contribution is 2.36. The second-order valence-corrected chi connectivity index (χ2v) is 5.64. The van der Waals surface area contributed by atoms with Crippen molar-refractivity contribution in [3.63, 3.8) is 0 Å². The van der Waals surface area contributed by atoms with Crippen molar-refractivity contribution < 1.29 is 9.53 Å². The van der Waals surface area contributed by atoms with Gasteiger partial charge >= 0.3 is 6.09 Å². The lowest BCUT2D eigenvalue weighted by atomic mass is 9.87. The van der Waals surface area contributed by atoms with Crippen molar-refractivity contribution in [3.05, 3.63) is 35.9 Å². The molecular formula is C15H20N2O2. The van der Waals surface area contributed by atoms with Crippen molar-refractivity contribution in [2.24, 2.45) is 5.41 Å². The number of carbonyl (C=O) groups is 1. The molecule has 4 heteroatoms. The molecule has 1 amide bonds. The van der Waals surface area contributed by atoms with Crippen LogP contribution in [0.1, 0.15) is 18.4 Å². The topological polar surface area (TPSA) is 41.6 Å². The molecule has 1 aromatic rings. The summed E-state index contributed by atoms with van der Waals surface area (Å²) >= 11 is 0. The van der Waals surface area contributed by atoms with Crippen LogP contribution in [0.15, 0.2) is 30.3 Å². The summed E-state index contributed by atoms with van der Waals surface area (Å²) in [5.41, 5.74) is 1.35. The average Bonchev–Trinajstić information content (AvgIpc) is 3.08. The Morgan fingerprint density at radius 2 is 2.16 bits per heavy atom. The zero-order chi connectivity index (χ0) is 13.1. The molecule has 1 spiro atoms. The first kappa shape index (κ1) is 12.5. The van der Waals surface area contributed by atoms with Gasteiger partial charge in [-0.2, -0.15) is 0 Å². The Hall–Kier alpha value is -1.55. The summed E-state index contributed by atoms with van der Waals surface area (Å²) in [6, 6.07) is 9.82. The summed E-state index contributed by atoms with van der Waals surface area (Å²) in [7, 11) is 0. The minimum absolute atomic E-state index is 0.173. The molecular weight excluding hydrogens is 240 g/mol. The van der Waals surface area contributed by atoms with Crippen molar-refractivity contribution >= 4 is 6.09 Å². The molecule has 2 heterocycles. The second-order valence-electron chi connectivity index (χ2n) is 5.64. The van der Waals surface area contributed by atoms with Gasteiger partial charge in [-0.05, 0) is 24.9 Å². The van der Waals surface area contributed by atoms with Crippen molar-refractivity contribution in [1.29, 1.82) is 0 Å². The van der Waals surface area contributed by atoms with Crippen molar-refractivity contribution in [3.8, 4) is 0 Å². The van der Waals surface area contributed by atoms with Gasteiger partial charge in [-0.1, -0.05) is 30.3 Å². The van der Waals surface area contributed by atoms with E-state index in [2.05, 4.69) is 5.32 Å². The van der Waals surface area contributed by atoms with Crippen LogP contribution in [-0.2, 0) is 11.3 Å². The Kier molecular flexibility index (Phi) is 3.42. The summed E-state index contributed by atoms with van der Waals surface area (Å²) in [6.45, 7) is 4.15. The van der Waals surface area contributed by atoms with Crippen LogP contribution in [0.2, 0.25) is 0 Å². The van der Waals surface area contributed by atoms with E-state index >= 15 is 0 Å². The monoisotopic (exact) mass is 260 g/mol. The molecule has 1 atom stereocenters. The third-order valence-corrected chi connectivity index (χ3v) is 4.23. The standard InChI is InChI=1S/C15H20N2O2/c18-14(19-10-13-4-2-1-3-5-13)17-9-7-15(12-17)6-8-16-11-15/h1-5,16H,6-12H2/t15-/m0/s1. The minimum atomic E-state index is -0.173. The van der Waals surface area contributed by atoms with E-state index in [1.165, 1.54) is 6.42 Å². The number of rotatable bonds is 2. The summed E-state index contributed by atoms with van der Waals surface area (Å²) in [5, 5.41) is 3.39. The number of hydrogen-bond donors (Lipinski definition) is 1. The highest BCUT2D eigenvalue weighted by Gasteiger charge is 2.42. The van der Waals surface area contributed by atoms with Crippen molar-refractivity contribution in [1.82, 2.24) is 10.2 Å². The molecule has 0 saturated carbocycles. The first-order valence-corrected chi connectivity index (χ1v) is 6.94. The minimum Gasteiger partial charge on any atom is -0.445 e. The Labute approximate surface area is 113 Å². The highest BCUT2D eigenvalue weighted by molar-refractivity contribution is 5.68. The molecule has 0 bridgehead atoms. The van der Waals surface area contributed by atoms with Crippen LogP contribution in [0.4, 0.5) is 4.79 Å². The fraction of sp³-hybridized carbons (Fsp3) is 0.533. The van der Waals surface area contributed by atoms with E-state index in [4.69, 9.17) is 4.74 Å². The number of amides is 1. The fourth-order valence-electron chi connectivity index (χ4n) is 3.05. The molecule has 4 nitrogen and oxygen atoms in total. The van der Waals surface area contributed by atoms with Gasteiger partial charge in [-0.15, -0.1) is 0 Å². The van der Waals surface area contributed by atoms with Gasteiger partial charge in [0.1, 0.15) is 6.61 Å². The lowest BCUT2D eigenvalue weighted by molar-refractivity contribution is 0.100. The zero-order valence-corrected chi connectivity index (χ0v) is 11.1. The van der Waals surface area contributed by atoms with E-state index in [1.807, 2.05) is 35.2 Å². The van der Waals surface area contributed by atoms with E-state index < -0.39 is 0 Å². The summed E-state index contributed by atoms with van der Waals surface area (Å²) in [5.74, 6) is 0. The molecule has 0 unspecified atom stereocenters. The van der Waals surface area contributed by atoms with Crippen LogP contribution in [0.3, 0.4) is 0 Å². The van der Waals surface area contributed by atoms with Gasteiger partial charge in [0.25, 0.3) is 0 Å². The predicted molar refractivity (Wildman–Crippen MR) is 72.7 cm³/mol. The van der Waals surface area contributed by atoms with E-state index in [1.54, 1.807) is 0 Å². The molecule has 1 N–H and O–H groups in total. The van der Waals surface area contributed by atoms with Gasteiger partial charge < -0.3 is 15.0 Å². The molecule has 102 valence electrons. The van der Waals surface area contributed by atoms with Gasteiger partial charge in [-0.25, -0.2) is 4.79 Å². The van der Waals surface area contributed by atoms with Gasteiger partial charge in [0, 0.05) is 25.0 Å². The summed E-state index contributed by atoms with van der Waals surface area (Å²) in [6.07, 6.45) is 2.10. The lowest BCUT2D eigenvalue weighted by Crippen LogP contribution is -2.33. The molecule has 0 radical (unpaired) electrons. The molecule has 2 saturated heterocycles. The molecule has 2 aliphatic heterocycles. The Morgan fingerprint density at radius 1 is 1.32 bits per heavy atom. The largest absolute Gasteiger partial charge is 0.445 e. The first-order valence-electron chi connectivity index (χ1n) is 6.94. The normalized spacial score (nSPS) is 26.0. The van der Waals surface area contributed by atoms with E-state index in [0.29, 0.717) is 12.0 Å². The molecule has 1 aromatic carbocycles. The SMILES string of the molecule is O=C(OCc1ccccc1)N1CC[C@]2(CCNC2)C1. The number of ether oxygens (including phenoxy) is 1. The molecule has 19 heavy (non-hydrogen) atoms. The number of nitrogens with one attached hydrogen (secondary N) is 1. The number of hydrogen-bond acceptors (Lipinski definition) is 3. The third-order valence-electron chi connectivity index (χ3n) is 4.23. The molecule has 3 rings (SSSR count). The number of likely N-dealkylation sites (tertiary alicyclic amines) is 1. The number of benzene rings is 1. The quantitative estimate of drug-likeness (QED) is 0.884. The Morgan fingerprint density at radius 3 is 2.89 bits per heavy atom. The van der Waals surface area contributed by atoms with Gasteiger partial charge in [0.05, 0.1) is 0 Å². The van der Waals surface area contributed by atoms with Crippen molar-refractivity contribution in [2.75, 3.05) is 26.2 Å². The third kappa shape index (κ3) is 2.73. The van der Waals surface area contributed by atoms with Crippen LogP contribution >= 0.6 is 0 Å². The molecule has 0 aliphatic carbocycles. The average molecular weight is 260 g/mol. The smallest absolute Gasteiger partial charge is 0.410 e. The van der Waals surface area contributed by atoms with Crippen LogP contribution in [0, 0.1) is 5.41 Å². The zero-order valence-electron chi connectivity index (χ0n) is 11.1. The predicted octanol–water partition coefficient (Wildman–Crippen LogP) is 2.01. The highest BCUT2D eigenvalue weighted by atomic mass is 16.6. The van der Waals surface area contributed by atoms with Crippen LogP contribution in [0.5, 0.6) is 0 Å². The van der Waals surface area contributed by atoms with Crippen LogP contribution in [-0.4, -0.2) is 37.2 Å². The maximum absolute atomic E-state index is 12.0. The molecule has 2 aliphatic rings. The second kappa shape index (κ2) is 5.21. The van der Waals surface area contributed by atoms with Gasteiger partial charge in [-0.3, -0.25) is 0 Å². The van der Waals surface area contributed by atoms with E-state index in [0.717, 1.165) is 38.2 Å². The summed E-state index contributed by atoms with van der Waals surface area (Å²) < 4.78 is 5.38. The van der Waals surface area contributed by atoms with Crippen molar-refractivity contribution in [2.45, 2.75) is 19.4 Å².